The normalized spacial score (nSPS) is 18.7. The van der Waals surface area contributed by atoms with Crippen molar-refractivity contribution in [3.63, 3.8) is 0 Å². The molecule has 1 atom stereocenters. The Morgan fingerprint density at radius 1 is 1.42 bits per heavy atom. The van der Waals surface area contributed by atoms with Gasteiger partial charge < -0.3 is 19.9 Å². The molecule has 2 N–H and O–H groups in total. The third kappa shape index (κ3) is 4.76. The van der Waals surface area contributed by atoms with Gasteiger partial charge in [-0.15, -0.1) is 0 Å². The topological polar surface area (TPSA) is 50.7 Å². The van der Waals surface area contributed by atoms with Crippen molar-refractivity contribution in [1.29, 1.82) is 0 Å². The lowest BCUT2D eigenvalue weighted by molar-refractivity contribution is -0.0997. The molecule has 0 spiro atoms. The molecule has 0 saturated carbocycles. The van der Waals surface area contributed by atoms with E-state index in [1.165, 1.54) is 0 Å². The van der Waals surface area contributed by atoms with E-state index < -0.39 is 6.10 Å². The van der Waals surface area contributed by atoms with E-state index in [-0.39, 0.29) is 5.41 Å². The standard InChI is InChI=1S/C14H20BrNO3/c1-14(9-18-10-14)8-16-6-12(17)7-19-13-4-2-11(15)3-5-13/h2-5,12,16-17H,6-10H2,1H3. The second-order valence-electron chi connectivity index (χ2n) is 5.35. The number of hydrogen-bond donors (Lipinski definition) is 2. The zero-order valence-electron chi connectivity index (χ0n) is 11.1. The van der Waals surface area contributed by atoms with E-state index >= 15 is 0 Å². The van der Waals surface area contributed by atoms with E-state index in [0.29, 0.717) is 13.2 Å². The fourth-order valence-electron chi connectivity index (χ4n) is 1.88. The van der Waals surface area contributed by atoms with Crippen LogP contribution in [-0.4, -0.2) is 44.1 Å². The van der Waals surface area contributed by atoms with Crippen LogP contribution in [-0.2, 0) is 4.74 Å². The Morgan fingerprint density at radius 2 is 2.11 bits per heavy atom. The van der Waals surface area contributed by atoms with Gasteiger partial charge in [0.25, 0.3) is 0 Å². The average Bonchev–Trinajstić information content (AvgIpc) is 2.36. The first-order chi connectivity index (χ1) is 9.07. The number of halogens is 1. The average molecular weight is 330 g/mol. The summed E-state index contributed by atoms with van der Waals surface area (Å²) in [6, 6.07) is 7.57. The highest BCUT2D eigenvalue weighted by Crippen LogP contribution is 2.24. The van der Waals surface area contributed by atoms with Gasteiger partial charge in [-0.25, -0.2) is 0 Å². The summed E-state index contributed by atoms with van der Waals surface area (Å²) >= 11 is 3.37. The first-order valence-electron chi connectivity index (χ1n) is 6.42. The van der Waals surface area contributed by atoms with Crippen LogP contribution in [0.2, 0.25) is 0 Å². The van der Waals surface area contributed by atoms with Gasteiger partial charge in [-0.05, 0) is 24.3 Å². The number of aliphatic hydroxyl groups is 1. The van der Waals surface area contributed by atoms with Gasteiger partial charge in [0.05, 0.1) is 13.2 Å². The van der Waals surface area contributed by atoms with Crippen LogP contribution in [0.3, 0.4) is 0 Å². The number of hydrogen-bond acceptors (Lipinski definition) is 4. The molecule has 0 aliphatic carbocycles. The zero-order chi connectivity index (χ0) is 13.7. The minimum atomic E-state index is -0.506. The Kier molecular flexibility index (Phi) is 5.21. The van der Waals surface area contributed by atoms with Crippen LogP contribution in [0, 0.1) is 5.41 Å². The molecule has 1 saturated heterocycles. The SMILES string of the molecule is CC1(CNCC(O)COc2ccc(Br)cc2)COC1. The van der Waals surface area contributed by atoms with Gasteiger partial charge in [0.1, 0.15) is 18.5 Å². The Balaban J connectivity index is 1.61. The molecule has 1 aromatic carbocycles. The Morgan fingerprint density at radius 3 is 2.68 bits per heavy atom. The lowest BCUT2D eigenvalue weighted by Gasteiger charge is -2.38. The summed E-state index contributed by atoms with van der Waals surface area (Å²) in [5.74, 6) is 0.765. The van der Waals surface area contributed by atoms with Crippen LogP contribution in [0.1, 0.15) is 6.92 Å². The highest BCUT2D eigenvalue weighted by Gasteiger charge is 2.32. The fourth-order valence-corrected chi connectivity index (χ4v) is 2.14. The molecule has 0 amide bonds. The molecule has 1 aromatic rings. The Bertz CT molecular complexity index is 392. The molecule has 19 heavy (non-hydrogen) atoms. The van der Waals surface area contributed by atoms with E-state index in [2.05, 4.69) is 28.2 Å². The summed E-state index contributed by atoms with van der Waals surface area (Å²) < 4.78 is 11.7. The van der Waals surface area contributed by atoms with Gasteiger partial charge in [0.15, 0.2) is 0 Å². The van der Waals surface area contributed by atoms with Crippen molar-refractivity contribution in [3.05, 3.63) is 28.7 Å². The molecule has 4 nitrogen and oxygen atoms in total. The van der Waals surface area contributed by atoms with Crippen molar-refractivity contribution < 1.29 is 14.6 Å². The first-order valence-corrected chi connectivity index (χ1v) is 7.22. The van der Waals surface area contributed by atoms with E-state index in [4.69, 9.17) is 9.47 Å². The van der Waals surface area contributed by atoms with Crippen molar-refractivity contribution in [1.82, 2.24) is 5.32 Å². The number of rotatable bonds is 7. The molecule has 1 fully saturated rings. The minimum absolute atomic E-state index is 0.228. The Hall–Kier alpha value is -0.620. The second kappa shape index (κ2) is 6.70. The molecule has 0 bridgehead atoms. The number of aliphatic hydroxyl groups excluding tert-OH is 1. The summed E-state index contributed by atoms with van der Waals surface area (Å²) in [7, 11) is 0. The van der Waals surface area contributed by atoms with Crippen LogP contribution < -0.4 is 10.1 Å². The summed E-state index contributed by atoms with van der Waals surface area (Å²) in [6.07, 6.45) is -0.506. The molecular formula is C14H20BrNO3. The quantitative estimate of drug-likeness (QED) is 0.801. The first kappa shape index (κ1) is 14.8. The molecule has 0 radical (unpaired) electrons. The van der Waals surface area contributed by atoms with Crippen molar-refractivity contribution in [2.24, 2.45) is 5.41 Å². The maximum absolute atomic E-state index is 9.82. The van der Waals surface area contributed by atoms with Crippen molar-refractivity contribution in [2.45, 2.75) is 13.0 Å². The highest BCUT2D eigenvalue weighted by molar-refractivity contribution is 9.10. The molecule has 1 unspecified atom stereocenters. The van der Waals surface area contributed by atoms with E-state index in [1.807, 2.05) is 24.3 Å². The molecule has 1 heterocycles. The third-order valence-electron chi connectivity index (χ3n) is 3.09. The molecule has 106 valence electrons. The van der Waals surface area contributed by atoms with Crippen molar-refractivity contribution >= 4 is 15.9 Å². The van der Waals surface area contributed by atoms with E-state index in [9.17, 15) is 5.11 Å². The van der Waals surface area contributed by atoms with Gasteiger partial charge in [-0.1, -0.05) is 22.9 Å². The van der Waals surface area contributed by atoms with Crippen LogP contribution in [0.4, 0.5) is 0 Å². The monoisotopic (exact) mass is 329 g/mol. The van der Waals surface area contributed by atoms with Crippen LogP contribution in [0.5, 0.6) is 5.75 Å². The largest absolute Gasteiger partial charge is 0.491 e. The van der Waals surface area contributed by atoms with Crippen LogP contribution in [0.25, 0.3) is 0 Å². The van der Waals surface area contributed by atoms with Gasteiger partial charge in [0, 0.05) is 23.0 Å². The minimum Gasteiger partial charge on any atom is -0.491 e. The second-order valence-corrected chi connectivity index (χ2v) is 6.27. The maximum Gasteiger partial charge on any atom is 0.119 e. The van der Waals surface area contributed by atoms with E-state index in [1.54, 1.807) is 0 Å². The predicted octanol–water partition coefficient (Wildman–Crippen LogP) is 1.81. The highest BCUT2D eigenvalue weighted by atomic mass is 79.9. The summed E-state index contributed by atoms with van der Waals surface area (Å²) in [5.41, 5.74) is 0.228. The maximum atomic E-state index is 9.82. The lowest BCUT2D eigenvalue weighted by Crippen LogP contribution is -2.48. The van der Waals surface area contributed by atoms with Gasteiger partial charge in [0.2, 0.25) is 0 Å². The van der Waals surface area contributed by atoms with Gasteiger partial charge in [-0.3, -0.25) is 0 Å². The third-order valence-corrected chi connectivity index (χ3v) is 3.62. The lowest BCUT2D eigenvalue weighted by atomic mass is 9.89. The van der Waals surface area contributed by atoms with Crippen LogP contribution in [0.15, 0.2) is 28.7 Å². The number of benzene rings is 1. The van der Waals surface area contributed by atoms with Gasteiger partial charge in [-0.2, -0.15) is 0 Å². The van der Waals surface area contributed by atoms with E-state index in [0.717, 1.165) is 30.0 Å². The summed E-state index contributed by atoms with van der Waals surface area (Å²) in [5, 5.41) is 13.1. The summed E-state index contributed by atoms with van der Waals surface area (Å²) in [4.78, 5) is 0. The molecule has 0 aromatic heterocycles. The Labute approximate surface area is 122 Å². The molecule has 1 aliphatic rings. The van der Waals surface area contributed by atoms with Crippen LogP contribution >= 0.6 is 15.9 Å². The molecular weight excluding hydrogens is 310 g/mol. The fraction of sp³-hybridized carbons (Fsp3) is 0.571. The molecule has 2 rings (SSSR count). The number of ether oxygens (including phenoxy) is 2. The predicted molar refractivity (Wildman–Crippen MR) is 77.4 cm³/mol. The molecule has 1 aliphatic heterocycles. The van der Waals surface area contributed by atoms with Gasteiger partial charge >= 0.3 is 0 Å². The number of nitrogens with one attached hydrogen (secondary N) is 1. The summed E-state index contributed by atoms with van der Waals surface area (Å²) in [6.45, 7) is 5.46. The molecule has 5 heteroatoms. The zero-order valence-corrected chi connectivity index (χ0v) is 12.6. The van der Waals surface area contributed by atoms with Crippen molar-refractivity contribution in [3.8, 4) is 5.75 Å². The van der Waals surface area contributed by atoms with Crippen molar-refractivity contribution in [2.75, 3.05) is 32.9 Å². The smallest absolute Gasteiger partial charge is 0.119 e.